The van der Waals surface area contributed by atoms with Gasteiger partial charge >= 0.3 is 0 Å². The van der Waals surface area contributed by atoms with E-state index in [1.807, 2.05) is 0 Å². The lowest BCUT2D eigenvalue weighted by Crippen LogP contribution is -2.58. The van der Waals surface area contributed by atoms with Crippen molar-refractivity contribution in [1.29, 1.82) is 0 Å². The molecule has 0 amide bonds. The fraction of sp³-hybridized carbons (Fsp3) is 1.00. The monoisotopic (exact) mass is 224 g/mol. The van der Waals surface area contributed by atoms with E-state index in [4.69, 9.17) is 0 Å². The second-order valence-electron chi connectivity index (χ2n) is 6.38. The predicted octanol–water partition coefficient (Wildman–Crippen LogP) is 2.64. The average molecular weight is 224 g/mol. The van der Waals surface area contributed by atoms with E-state index < -0.39 is 0 Å². The molecular formula is C14H28N2. The van der Waals surface area contributed by atoms with Crippen LogP contribution in [0.4, 0.5) is 0 Å². The van der Waals surface area contributed by atoms with Crippen LogP contribution in [0.1, 0.15) is 52.9 Å². The molecule has 0 aromatic rings. The molecule has 94 valence electrons. The van der Waals surface area contributed by atoms with Crippen molar-refractivity contribution in [3.63, 3.8) is 0 Å². The second-order valence-corrected chi connectivity index (χ2v) is 6.38. The van der Waals surface area contributed by atoms with Gasteiger partial charge in [0.2, 0.25) is 0 Å². The molecule has 2 fully saturated rings. The summed E-state index contributed by atoms with van der Waals surface area (Å²) in [6.07, 6.45) is 7.00. The van der Waals surface area contributed by atoms with Gasteiger partial charge in [0.05, 0.1) is 0 Å². The molecule has 0 saturated heterocycles. The molecule has 0 spiro atoms. The third-order valence-electron chi connectivity index (χ3n) is 4.62. The summed E-state index contributed by atoms with van der Waals surface area (Å²) < 4.78 is 0. The summed E-state index contributed by atoms with van der Waals surface area (Å²) in [6, 6.07) is 2.33. The zero-order valence-electron chi connectivity index (χ0n) is 11.4. The average Bonchev–Trinajstić information content (AvgIpc) is 3.03. The van der Waals surface area contributed by atoms with E-state index in [1.54, 1.807) is 0 Å². The van der Waals surface area contributed by atoms with Crippen LogP contribution in [-0.2, 0) is 0 Å². The van der Waals surface area contributed by atoms with E-state index in [2.05, 4.69) is 38.0 Å². The van der Waals surface area contributed by atoms with Gasteiger partial charge in [0.25, 0.3) is 0 Å². The highest BCUT2D eigenvalue weighted by Gasteiger charge is 2.43. The van der Waals surface area contributed by atoms with Gasteiger partial charge in [0.15, 0.2) is 0 Å². The van der Waals surface area contributed by atoms with Gasteiger partial charge in [-0.3, -0.25) is 4.90 Å². The zero-order valence-corrected chi connectivity index (χ0v) is 11.4. The number of hydrogen-bond acceptors (Lipinski definition) is 2. The fourth-order valence-electron chi connectivity index (χ4n) is 3.43. The molecule has 2 aliphatic rings. The van der Waals surface area contributed by atoms with Crippen LogP contribution in [0, 0.1) is 5.41 Å². The summed E-state index contributed by atoms with van der Waals surface area (Å²) in [5.41, 5.74) is 0.460. The van der Waals surface area contributed by atoms with Crippen LogP contribution < -0.4 is 5.32 Å². The molecule has 16 heavy (non-hydrogen) atoms. The molecular weight excluding hydrogens is 196 g/mol. The molecule has 0 radical (unpaired) electrons. The summed E-state index contributed by atoms with van der Waals surface area (Å²) in [5, 5.41) is 3.75. The second kappa shape index (κ2) is 4.66. The SMILES string of the molecule is CCNC1C(N(C)C2CC2)CCCC1(C)C. The topological polar surface area (TPSA) is 15.3 Å². The highest BCUT2D eigenvalue weighted by molar-refractivity contribution is 5.00. The van der Waals surface area contributed by atoms with Crippen molar-refractivity contribution in [2.24, 2.45) is 5.41 Å². The van der Waals surface area contributed by atoms with Crippen molar-refractivity contribution in [3.05, 3.63) is 0 Å². The molecule has 0 aliphatic heterocycles. The minimum absolute atomic E-state index is 0.460. The first-order chi connectivity index (χ1) is 7.56. The Labute approximate surface area is 101 Å². The summed E-state index contributed by atoms with van der Waals surface area (Å²) >= 11 is 0. The van der Waals surface area contributed by atoms with Gasteiger partial charge in [0, 0.05) is 18.1 Å². The Hall–Kier alpha value is -0.0800. The number of likely N-dealkylation sites (N-methyl/N-ethyl adjacent to an activating group) is 2. The lowest BCUT2D eigenvalue weighted by Gasteiger charge is -2.48. The summed E-state index contributed by atoms with van der Waals surface area (Å²) in [5.74, 6) is 0. The maximum atomic E-state index is 3.75. The van der Waals surface area contributed by atoms with Crippen LogP contribution in [0.2, 0.25) is 0 Å². The standard InChI is InChI=1S/C14H28N2/c1-5-15-13-12(16(4)11-8-9-11)7-6-10-14(13,2)3/h11-13,15H,5-10H2,1-4H3. The third-order valence-corrected chi connectivity index (χ3v) is 4.62. The van der Waals surface area contributed by atoms with Gasteiger partial charge in [-0.2, -0.15) is 0 Å². The quantitative estimate of drug-likeness (QED) is 0.790. The summed E-state index contributed by atoms with van der Waals surface area (Å²) in [7, 11) is 2.34. The lowest BCUT2D eigenvalue weighted by molar-refractivity contribution is 0.0596. The Morgan fingerprint density at radius 2 is 1.94 bits per heavy atom. The van der Waals surface area contributed by atoms with Crippen LogP contribution >= 0.6 is 0 Å². The number of hydrogen-bond donors (Lipinski definition) is 1. The Balaban J connectivity index is 2.07. The molecule has 0 aromatic heterocycles. The third kappa shape index (κ3) is 2.43. The molecule has 2 atom stereocenters. The minimum atomic E-state index is 0.460. The smallest absolute Gasteiger partial charge is 0.0274 e. The first-order valence-electron chi connectivity index (χ1n) is 7.01. The maximum absolute atomic E-state index is 3.75. The van der Waals surface area contributed by atoms with Gasteiger partial charge < -0.3 is 5.32 Å². The van der Waals surface area contributed by atoms with Crippen molar-refractivity contribution < 1.29 is 0 Å². The molecule has 2 saturated carbocycles. The Morgan fingerprint density at radius 3 is 2.50 bits per heavy atom. The number of rotatable bonds is 4. The van der Waals surface area contributed by atoms with Crippen LogP contribution in [0.5, 0.6) is 0 Å². The van der Waals surface area contributed by atoms with E-state index in [-0.39, 0.29) is 0 Å². The van der Waals surface area contributed by atoms with Gasteiger partial charge in [0.1, 0.15) is 0 Å². The van der Waals surface area contributed by atoms with Crippen molar-refractivity contribution in [1.82, 2.24) is 10.2 Å². The van der Waals surface area contributed by atoms with Gasteiger partial charge in [-0.15, -0.1) is 0 Å². The molecule has 2 rings (SSSR count). The Kier molecular flexibility index (Phi) is 3.60. The molecule has 2 heteroatoms. The van der Waals surface area contributed by atoms with Gasteiger partial charge in [-0.05, 0) is 44.7 Å². The molecule has 0 heterocycles. The van der Waals surface area contributed by atoms with Crippen molar-refractivity contribution in [2.75, 3.05) is 13.6 Å². The van der Waals surface area contributed by atoms with E-state index >= 15 is 0 Å². The van der Waals surface area contributed by atoms with E-state index in [9.17, 15) is 0 Å². The van der Waals surface area contributed by atoms with Crippen molar-refractivity contribution in [2.45, 2.75) is 71.0 Å². The van der Waals surface area contributed by atoms with E-state index in [0.717, 1.165) is 18.6 Å². The maximum Gasteiger partial charge on any atom is 0.0274 e. The first kappa shape index (κ1) is 12.4. The molecule has 0 aromatic carbocycles. The van der Waals surface area contributed by atoms with Crippen LogP contribution in [0.3, 0.4) is 0 Å². The molecule has 2 nitrogen and oxygen atoms in total. The zero-order chi connectivity index (χ0) is 11.8. The van der Waals surface area contributed by atoms with Crippen LogP contribution in [0.15, 0.2) is 0 Å². The summed E-state index contributed by atoms with van der Waals surface area (Å²) in [4.78, 5) is 2.66. The lowest BCUT2D eigenvalue weighted by atomic mass is 9.70. The largest absolute Gasteiger partial charge is 0.312 e. The van der Waals surface area contributed by atoms with Crippen LogP contribution in [0.25, 0.3) is 0 Å². The number of nitrogens with one attached hydrogen (secondary N) is 1. The Morgan fingerprint density at radius 1 is 1.25 bits per heavy atom. The first-order valence-corrected chi connectivity index (χ1v) is 7.01. The Bertz CT molecular complexity index is 233. The van der Waals surface area contributed by atoms with Crippen molar-refractivity contribution >= 4 is 0 Å². The van der Waals surface area contributed by atoms with Crippen molar-refractivity contribution in [3.8, 4) is 0 Å². The van der Waals surface area contributed by atoms with Gasteiger partial charge in [-0.1, -0.05) is 27.2 Å². The molecule has 1 N–H and O–H groups in total. The molecule has 2 aliphatic carbocycles. The highest BCUT2D eigenvalue weighted by Crippen LogP contribution is 2.40. The highest BCUT2D eigenvalue weighted by atomic mass is 15.2. The normalized spacial score (nSPS) is 34.3. The number of nitrogens with zero attached hydrogens (tertiary/aromatic N) is 1. The fourth-order valence-corrected chi connectivity index (χ4v) is 3.43. The molecule has 2 unspecified atom stereocenters. The predicted molar refractivity (Wildman–Crippen MR) is 69.7 cm³/mol. The van der Waals surface area contributed by atoms with E-state index in [1.165, 1.54) is 32.1 Å². The van der Waals surface area contributed by atoms with Crippen LogP contribution in [-0.4, -0.2) is 36.6 Å². The van der Waals surface area contributed by atoms with E-state index in [0.29, 0.717) is 11.5 Å². The van der Waals surface area contributed by atoms with Gasteiger partial charge in [-0.25, -0.2) is 0 Å². The molecule has 0 bridgehead atoms. The summed E-state index contributed by atoms with van der Waals surface area (Å²) in [6.45, 7) is 8.21. The minimum Gasteiger partial charge on any atom is -0.312 e.